The summed E-state index contributed by atoms with van der Waals surface area (Å²) in [4.78, 5) is 2.90. The van der Waals surface area contributed by atoms with Crippen LogP contribution < -0.4 is 0 Å². The average Bonchev–Trinajstić information content (AvgIpc) is 3.92. The van der Waals surface area contributed by atoms with Crippen LogP contribution in [-0.2, 0) is 5.41 Å². The first kappa shape index (κ1) is 26.9. The van der Waals surface area contributed by atoms with Gasteiger partial charge in [0.15, 0.2) is 0 Å². The molecule has 0 saturated carbocycles. The molecule has 220 valence electrons. The first-order valence-corrected chi connectivity index (χ1v) is 17.8. The molecule has 2 aliphatic rings. The van der Waals surface area contributed by atoms with Crippen LogP contribution in [0.4, 0.5) is 0 Å². The maximum atomic E-state index is 2.49. The second kappa shape index (κ2) is 10.4. The molecule has 2 aromatic heterocycles. The van der Waals surface area contributed by atoms with Gasteiger partial charge in [0.25, 0.3) is 0 Å². The van der Waals surface area contributed by atoms with Crippen molar-refractivity contribution in [1.82, 2.24) is 0 Å². The van der Waals surface area contributed by atoms with Crippen LogP contribution in [0.2, 0.25) is 0 Å². The van der Waals surface area contributed by atoms with Crippen molar-refractivity contribution in [3.8, 4) is 66.8 Å². The highest BCUT2D eigenvalue weighted by Crippen LogP contribution is 2.66. The standard InChI is InChI=1S/C45H28S2/c1-3-7-29(8-4-1)31-11-15-33(16-12-31)35-19-21-37-38-22-20-36(34-17-13-32(14-18-34)30-9-5-2-6-10-30)28-42(38)45(41(37)27-35)43-39(23-25-46-43)40-24-26-47-44(40)45/h1-28H. The van der Waals surface area contributed by atoms with Crippen LogP contribution in [0.3, 0.4) is 0 Å². The normalized spacial score (nSPS) is 13.3. The zero-order chi connectivity index (χ0) is 31.0. The van der Waals surface area contributed by atoms with Crippen molar-refractivity contribution < 1.29 is 0 Å². The molecule has 0 N–H and O–H groups in total. The highest BCUT2D eigenvalue weighted by Gasteiger charge is 2.53. The third kappa shape index (κ3) is 3.92. The lowest BCUT2D eigenvalue weighted by Gasteiger charge is -2.28. The monoisotopic (exact) mass is 632 g/mol. The second-order valence-electron chi connectivity index (χ2n) is 12.5. The molecule has 0 saturated heterocycles. The van der Waals surface area contributed by atoms with Gasteiger partial charge in [-0.15, -0.1) is 22.7 Å². The molecule has 1 spiro atoms. The maximum Gasteiger partial charge on any atom is 0.0912 e. The SMILES string of the molecule is c1ccc(-c2ccc(-c3ccc4c(c3)C3(c5cc(-c6ccc(-c7ccccc7)cc6)ccc5-4)c4sccc4-c4ccsc43)cc2)cc1. The highest BCUT2D eigenvalue weighted by atomic mass is 32.1. The summed E-state index contributed by atoms with van der Waals surface area (Å²) in [5, 5.41) is 4.56. The van der Waals surface area contributed by atoms with E-state index in [0.717, 1.165) is 0 Å². The van der Waals surface area contributed by atoms with Crippen LogP contribution in [0.25, 0.3) is 66.8 Å². The summed E-state index contributed by atoms with van der Waals surface area (Å²) in [7, 11) is 0. The lowest BCUT2D eigenvalue weighted by molar-refractivity contribution is 0.831. The fourth-order valence-electron chi connectivity index (χ4n) is 7.87. The molecule has 2 heterocycles. The maximum absolute atomic E-state index is 2.49. The molecular formula is C45H28S2. The summed E-state index contributed by atoms with van der Waals surface area (Å²) >= 11 is 3.81. The Labute approximate surface area is 282 Å². The summed E-state index contributed by atoms with van der Waals surface area (Å²) in [6.45, 7) is 0. The zero-order valence-electron chi connectivity index (χ0n) is 25.5. The molecule has 47 heavy (non-hydrogen) atoms. The summed E-state index contributed by atoms with van der Waals surface area (Å²) in [5.74, 6) is 0. The first-order chi connectivity index (χ1) is 23.3. The number of hydrogen-bond acceptors (Lipinski definition) is 2. The number of fused-ring (bicyclic) bond motifs is 10. The van der Waals surface area contributed by atoms with Gasteiger partial charge in [-0.3, -0.25) is 0 Å². The van der Waals surface area contributed by atoms with Crippen molar-refractivity contribution in [3.63, 3.8) is 0 Å². The minimum atomic E-state index is -0.308. The van der Waals surface area contributed by atoms with E-state index in [9.17, 15) is 0 Å². The van der Waals surface area contributed by atoms with Crippen molar-refractivity contribution in [3.05, 3.63) is 189 Å². The minimum Gasteiger partial charge on any atom is -0.147 e. The van der Waals surface area contributed by atoms with Gasteiger partial charge < -0.3 is 0 Å². The van der Waals surface area contributed by atoms with Crippen molar-refractivity contribution in [1.29, 1.82) is 0 Å². The van der Waals surface area contributed by atoms with Gasteiger partial charge in [-0.05, 0) is 113 Å². The summed E-state index contributed by atoms with van der Waals surface area (Å²) in [5.41, 5.74) is 17.9. The Morgan fingerprint density at radius 3 is 1.04 bits per heavy atom. The molecule has 0 fully saturated rings. The van der Waals surface area contributed by atoms with Crippen LogP contribution in [0.5, 0.6) is 0 Å². The molecule has 0 aliphatic heterocycles. The van der Waals surface area contributed by atoms with E-state index in [4.69, 9.17) is 0 Å². The smallest absolute Gasteiger partial charge is 0.0912 e. The Balaban J connectivity index is 1.13. The Morgan fingerprint density at radius 1 is 0.298 bits per heavy atom. The van der Waals surface area contributed by atoms with Crippen LogP contribution in [-0.4, -0.2) is 0 Å². The zero-order valence-corrected chi connectivity index (χ0v) is 27.1. The van der Waals surface area contributed by atoms with Gasteiger partial charge in [0, 0.05) is 9.75 Å². The Hall–Kier alpha value is -5.28. The molecule has 0 radical (unpaired) electrons. The van der Waals surface area contributed by atoms with Gasteiger partial charge in [0.2, 0.25) is 0 Å². The largest absolute Gasteiger partial charge is 0.147 e. The van der Waals surface area contributed by atoms with E-state index < -0.39 is 0 Å². The van der Waals surface area contributed by atoms with Gasteiger partial charge >= 0.3 is 0 Å². The van der Waals surface area contributed by atoms with Crippen LogP contribution in [0.15, 0.2) is 168 Å². The molecule has 0 amide bonds. The van der Waals surface area contributed by atoms with Crippen LogP contribution in [0, 0.1) is 0 Å². The van der Waals surface area contributed by atoms with E-state index in [0.29, 0.717) is 0 Å². The van der Waals surface area contributed by atoms with Crippen molar-refractivity contribution in [2.45, 2.75) is 5.41 Å². The van der Waals surface area contributed by atoms with E-state index in [-0.39, 0.29) is 5.41 Å². The Kier molecular flexibility index (Phi) is 5.93. The van der Waals surface area contributed by atoms with E-state index in [1.54, 1.807) is 0 Å². The molecule has 0 unspecified atom stereocenters. The number of rotatable bonds is 4. The van der Waals surface area contributed by atoms with Gasteiger partial charge in [-0.1, -0.05) is 133 Å². The predicted molar refractivity (Wildman–Crippen MR) is 200 cm³/mol. The summed E-state index contributed by atoms with van der Waals surface area (Å²) in [6.07, 6.45) is 0. The first-order valence-electron chi connectivity index (χ1n) is 16.1. The predicted octanol–water partition coefficient (Wildman–Crippen LogP) is 12.8. The summed E-state index contributed by atoms with van der Waals surface area (Å²) in [6, 6.07) is 58.4. The highest BCUT2D eigenvalue weighted by molar-refractivity contribution is 7.13. The second-order valence-corrected chi connectivity index (χ2v) is 14.3. The third-order valence-corrected chi connectivity index (χ3v) is 12.2. The topological polar surface area (TPSA) is 0 Å². The lowest BCUT2D eigenvalue weighted by Crippen LogP contribution is -2.24. The third-order valence-electron chi connectivity index (χ3n) is 10.1. The fourth-order valence-corrected chi connectivity index (χ4v) is 10.2. The molecule has 10 rings (SSSR count). The van der Waals surface area contributed by atoms with Crippen molar-refractivity contribution >= 4 is 22.7 Å². The molecule has 0 bridgehead atoms. The van der Waals surface area contributed by atoms with Crippen molar-refractivity contribution in [2.75, 3.05) is 0 Å². The lowest BCUT2D eigenvalue weighted by atomic mass is 9.76. The molecule has 0 atom stereocenters. The Bertz CT molecular complexity index is 2250. The van der Waals surface area contributed by atoms with Crippen molar-refractivity contribution in [2.24, 2.45) is 0 Å². The van der Waals surface area contributed by atoms with Crippen LogP contribution >= 0.6 is 22.7 Å². The fraction of sp³-hybridized carbons (Fsp3) is 0.0222. The van der Waals surface area contributed by atoms with E-state index in [1.165, 1.54) is 87.6 Å². The number of thiophene rings is 2. The van der Waals surface area contributed by atoms with Gasteiger partial charge in [-0.2, -0.15) is 0 Å². The quantitative estimate of drug-likeness (QED) is 0.181. The van der Waals surface area contributed by atoms with E-state index in [2.05, 4.69) is 168 Å². The Morgan fingerprint density at radius 2 is 0.638 bits per heavy atom. The molecule has 8 aromatic rings. The molecule has 2 heteroatoms. The number of benzene rings is 6. The van der Waals surface area contributed by atoms with Gasteiger partial charge in [-0.25, -0.2) is 0 Å². The van der Waals surface area contributed by atoms with E-state index in [1.807, 2.05) is 22.7 Å². The molecule has 6 aromatic carbocycles. The average molecular weight is 633 g/mol. The molecular weight excluding hydrogens is 605 g/mol. The van der Waals surface area contributed by atoms with Gasteiger partial charge in [0.1, 0.15) is 0 Å². The minimum absolute atomic E-state index is 0.308. The molecule has 0 nitrogen and oxygen atoms in total. The summed E-state index contributed by atoms with van der Waals surface area (Å²) < 4.78 is 0. The van der Waals surface area contributed by atoms with E-state index >= 15 is 0 Å². The van der Waals surface area contributed by atoms with Gasteiger partial charge in [0.05, 0.1) is 5.41 Å². The molecule has 2 aliphatic carbocycles. The number of hydrogen-bond donors (Lipinski definition) is 0. The van der Waals surface area contributed by atoms with Crippen LogP contribution in [0.1, 0.15) is 20.9 Å².